The summed E-state index contributed by atoms with van der Waals surface area (Å²) in [6.45, 7) is 1.26. The highest BCUT2D eigenvalue weighted by Gasteiger charge is 2.45. The van der Waals surface area contributed by atoms with Crippen LogP contribution in [0.25, 0.3) is 0 Å². The number of phenols is 2. The van der Waals surface area contributed by atoms with Gasteiger partial charge in [0.15, 0.2) is 12.4 Å². The molecule has 2 aliphatic rings. The maximum atomic E-state index is 12.5. The number of aliphatic hydroxyl groups excluding tert-OH is 3. The summed E-state index contributed by atoms with van der Waals surface area (Å²) in [5, 5.41) is 48.6. The number of fused-ring (bicyclic) bond motifs is 1. The van der Waals surface area contributed by atoms with Crippen LogP contribution in [0.5, 0.6) is 17.2 Å². The zero-order chi connectivity index (χ0) is 17.6. The molecule has 1 saturated heterocycles. The van der Waals surface area contributed by atoms with E-state index in [4.69, 9.17) is 14.2 Å². The monoisotopic (exact) mass is 342 g/mol. The molecule has 2 aliphatic heterocycles. The Bertz CT molecular complexity index is 646. The summed E-state index contributed by atoms with van der Waals surface area (Å²) in [5.41, 5.74) is -0.150. The molecule has 0 spiro atoms. The average molecular weight is 342 g/mol. The van der Waals surface area contributed by atoms with Gasteiger partial charge < -0.3 is 39.7 Å². The number of ether oxygens (including phenoxy) is 3. The van der Waals surface area contributed by atoms with Gasteiger partial charge >= 0.3 is 0 Å². The molecule has 6 atom stereocenters. The SMILES string of the molecule is CC1OC(OC2COc3cc(O)cc(O)c3C2=O)C(O)C(O)C1O. The zero-order valence-corrected chi connectivity index (χ0v) is 12.7. The fraction of sp³-hybridized carbons (Fsp3) is 0.533. The van der Waals surface area contributed by atoms with Gasteiger partial charge in [0.1, 0.15) is 47.7 Å². The topological polar surface area (TPSA) is 146 Å². The molecule has 2 heterocycles. The van der Waals surface area contributed by atoms with Crippen LogP contribution in [0, 0.1) is 0 Å². The van der Waals surface area contributed by atoms with Gasteiger partial charge in [0.2, 0.25) is 5.78 Å². The van der Waals surface area contributed by atoms with Crippen LogP contribution in [-0.2, 0) is 9.47 Å². The molecule has 0 bridgehead atoms. The number of hydrogen-bond donors (Lipinski definition) is 5. The Kier molecular flexibility index (Phi) is 4.37. The summed E-state index contributed by atoms with van der Waals surface area (Å²) < 4.78 is 16.0. The molecule has 1 aromatic carbocycles. The van der Waals surface area contributed by atoms with Crippen LogP contribution in [0.1, 0.15) is 17.3 Å². The fourth-order valence-corrected chi connectivity index (χ4v) is 2.74. The summed E-state index contributed by atoms with van der Waals surface area (Å²) in [4.78, 5) is 12.5. The molecule has 132 valence electrons. The number of ketones is 1. The van der Waals surface area contributed by atoms with Crippen LogP contribution in [0.4, 0.5) is 0 Å². The van der Waals surface area contributed by atoms with Gasteiger partial charge in [-0.1, -0.05) is 0 Å². The smallest absolute Gasteiger partial charge is 0.202 e. The van der Waals surface area contributed by atoms with Crippen molar-refractivity contribution < 1.29 is 44.5 Å². The van der Waals surface area contributed by atoms with Gasteiger partial charge in [-0.05, 0) is 6.92 Å². The highest BCUT2D eigenvalue weighted by molar-refractivity contribution is 6.05. The number of aromatic hydroxyl groups is 2. The van der Waals surface area contributed by atoms with Crippen molar-refractivity contribution in [1.29, 1.82) is 0 Å². The molecule has 1 fully saturated rings. The maximum Gasteiger partial charge on any atom is 0.202 e. The van der Waals surface area contributed by atoms with Crippen molar-refractivity contribution in [2.45, 2.75) is 43.7 Å². The third kappa shape index (κ3) is 2.80. The molecule has 5 N–H and O–H groups in total. The van der Waals surface area contributed by atoms with E-state index in [2.05, 4.69) is 0 Å². The first-order chi connectivity index (χ1) is 11.3. The van der Waals surface area contributed by atoms with Crippen LogP contribution in [0.2, 0.25) is 0 Å². The number of rotatable bonds is 2. The van der Waals surface area contributed by atoms with E-state index in [-0.39, 0.29) is 23.7 Å². The van der Waals surface area contributed by atoms with Crippen LogP contribution in [0.15, 0.2) is 12.1 Å². The van der Waals surface area contributed by atoms with Crippen molar-refractivity contribution in [3.05, 3.63) is 17.7 Å². The molecular weight excluding hydrogens is 324 g/mol. The number of benzene rings is 1. The number of hydrogen-bond acceptors (Lipinski definition) is 9. The lowest BCUT2D eigenvalue weighted by Crippen LogP contribution is -2.58. The van der Waals surface area contributed by atoms with Gasteiger partial charge in [-0.15, -0.1) is 0 Å². The second kappa shape index (κ2) is 6.19. The molecule has 3 rings (SSSR count). The van der Waals surface area contributed by atoms with Crippen LogP contribution in [-0.4, -0.2) is 74.7 Å². The summed E-state index contributed by atoms with van der Waals surface area (Å²) in [7, 11) is 0. The van der Waals surface area contributed by atoms with Crippen molar-refractivity contribution in [3.8, 4) is 17.2 Å². The van der Waals surface area contributed by atoms with Gasteiger partial charge in [0.05, 0.1) is 6.10 Å². The predicted octanol–water partition coefficient (Wildman–Crippen LogP) is -1.11. The van der Waals surface area contributed by atoms with E-state index in [1.807, 2.05) is 0 Å². The van der Waals surface area contributed by atoms with Crippen molar-refractivity contribution in [2.24, 2.45) is 0 Å². The Balaban J connectivity index is 1.78. The Labute approximate surface area is 136 Å². The lowest BCUT2D eigenvalue weighted by Gasteiger charge is -2.40. The molecule has 0 aromatic heterocycles. The lowest BCUT2D eigenvalue weighted by atomic mass is 9.99. The fourth-order valence-electron chi connectivity index (χ4n) is 2.74. The minimum Gasteiger partial charge on any atom is -0.508 e. The normalized spacial score (nSPS) is 36.1. The minimum atomic E-state index is -1.56. The van der Waals surface area contributed by atoms with Crippen molar-refractivity contribution in [3.63, 3.8) is 0 Å². The molecule has 0 saturated carbocycles. The second-order valence-corrected chi connectivity index (χ2v) is 5.82. The molecule has 6 unspecified atom stereocenters. The first-order valence-corrected chi connectivity index (χ1v) is 7.37. The largest absolute Gasteiger partial charge is 0.508 e. The molecule has 9 nitrogen and oxygen atoms in total. The van der Waals surface area contributed by atoms with Gasteiger partial charge in [-0.3, -0.25) is 4.79 Å². The number of Topliss-reactive ketones (excluding diaryl/α,β-unsaturated/α-hetero) is 1. The van der Waals surface area contributed by atoms with E-state index in [1.165, 1.54) is 13.0 Å². The van der Waals surface area contributed by atoms with Crippen LogP contribution < -0.4 is 4.74 Å². The Hall–Kier alpha value is -1.91. The lowest BCUT2D eigenvalue weighted by molar-refractivity contribution is -0.300. The third-order valence-corrected chi connectivity index (χ3v) is 4.10. The van der Waals surface area contributed by atoms with Crippen molar-refractivity contribution in [1.82, 2.24) is 0 Å². The maximum absolute atomic E-state index is 12.5. The molecule has 1 aromatic rings. The van der Waals surface area contributed by atoms with Gasteiger partial charge in [0.25, 0.3) is 0 Å². The number of phenolic OH excluding ortho intramolecular Hbond substituents is 2. The molecule has 9 heteroatoms. The van der Waals surface area contributed by atoms with Crippen LogP contribution >= 0.6 is 0 Å². The Morgan fingerprint density at radius 1 is 1.12 bits per heavy atom. The first kappa shape index (κ1) is 16.9. The second-order valence-electron chi connectivity index (χ2n) is 5.82. The molecule has 0 amide bonds. The summed E-state index contributed by atoms with van der Waals surface area (Å²) >= 11 is 0. The number of aliphatic hydroxyl groups is 3. The highest BCUT2D eigenvalue weighted by atomic mass is 16.7. The van der Waals surface area contributed by atoms with Gasteiger partial charge in [-0.2, -0.15) is 0 Å². The van der Waals surface area contributed by atoms with Crippen molar-refractivity contribution in [2.75, 3.05) is 6.61 Å². The van der Waals surface area contributed by atoms with Crippen LogP contribution in [0.3, 0.4) is 0 Å². The highest BCUT2D eigenvalue weighted by Crippen LogP contribution is 2.37. The van der Waals surface area contributed by atoms with E-state index in [0.717, 1.165) is 6.07 Å². The molecular formula is C15H18O9. The molecule has 0 aliphatic carbocycles. The van der Waals surface area contributed by atoms with E-state index < -0.39 is 48.3 Å². The standard InChI is InChI=1S/C15H18O9/c1-5-11(18)13(20)14(21)15(23-5)24-9-4-22-8-3-6(16)2-7(17)10(8)12(9)19/h2-3,5,9,11,13-18,20-21H,4H2,1H3. The van der Waals surface area contributed by atoms with E-state index in [0.29, 0.717) is 0 Å². The quantitative estimate of drug-likeness (QED) is 0.451. The third-order valence-electron chi connectivity index (χ3n) is 4.10. The minimum absolute atomic E-state index is 0.0197. The van der Waals surface area contributed by atoms with Crippen molar-refractivity contribution >= 4 is 5.78 Å². The average Bonchev–Trinajstić information content (AvgIpc) is 2.52. The van der Waals surface area contributed by atoms with Gasteiger partial charge in [0, 0.05) is 12.1 Å². The predicted molar refractivity (Wildman–Crippen MR) is 76.8 cm³/mol. The summed E-state index contributed by atoms with van der Waals surface area (Å²) in [5.74, 6) is -1.31. The first-order valence-electron chi connectivity index (χ1n) is 7.37. The Morgan fingerprint density at radius 3 is 2.54 bits per heavy atom. The number of carbonyl (C=O) groups is 1. The van der Waals surface area contributed by atoms with E-state index in [1.54, 1.807) is 0 Å². The number of carbonyl (C=O) groups excluding carboxylic acids is 1. The van der Waals surface area contributed by atoms with E-state index >= 15 is 0 Å². The summed E-state index contributed by atoms with van der Waals surface area (Å²) in [6.07, 6.45) is -7.69. The van der Waals surface area contributed by atoms with Gasteiger partial charge in [-0.25, -0.2) is 0 Å². The Morgan fingerprint density at radius 2 is 1.83 bits per heavy atom. The van der Waals surface area contributed by atoms with E-state index in [9.17, 15) is 30.3 Å². The molecule has 24 heavy (non-hydrogen) atoms. The molecule has 0 radical (unpaired) electrons. The zero-order valence-electron chi connectivity index (χ0n) is 12.7. The summed E-state index contributed by atoms with van der Waals surface area (Å²) in [6, 6.07) is 2.19.